The number of carboxylic acids is 1. The number of furan rings is 1. The lowest BCUT2D eigenvalue weighted by Crippen LogP contribution is -2.41. The lowest BCUT2D eigenvalue weighted by atomic mass is 10.0. The summed E-state index contributed by atoms with van der Waals surface area (Å²) in [7, 11) is 0. The third-order valence-electron chi connectivity index (χ3n) is 2.11. The molecule has 0 saturated carbocycles. The number of carbonyl (C=O) groups is 2. The third kappa shape index (κ3) is 4.11. The SMILES string of the molecule is CC(C)C[C@H](NC(=O)c1ccc(Cl)o1)C(=O)O. The van der Waals surface area contributed by atoms with Crippen LogP contribution >= 0.6 is 11.6 Å². The lowest BCUT2D eigenvalue weighted by molar-refractivity contribution is -0.139. The van der Waals surface area contributed by atoms with E-state index >= 15 is 0 Å². The van der Waals surface area contributed by atoms with Gasteiger partial charge in [0.05, 0.1) is 0 Å². The second-order valence-corrected chi connectivity index (χ2v) is 4.47. The molecule has 0 spiro atoms. The van der Waals surface area contributed by atoms with Gasteiger partial charge in [0.1, 0.15) is 6.04 Å². The first-order chi connectivity index (χ1) is 7.90. The second-order valence-electron chi connectivity index (χ2n) is 4.10. The Kier molecular flexibility index (Phi) is 4.57. The number of aliphatic carboxylic acids is 1. The molecule has 94 valence electrons. The first kappa shape index (κ1) is 13.6. The molecule has 0 aliphatic carbocycles. The Labute approximate surface area is 104 Å². The molecule has 6 heteroatoms. The van der Waals surface area contributed by atoms with E-state index in [2.05, 4.69) is 5.32 Å². The number of hydrogen-bond donors (Lipinski definition) is 2. The molecule has 0 aliphatic heterocycles. The van der Waals surface area contributed by atoms with Gasteiger partial charge in [0.2, 0.25) is 0 Å². The van der Waals surface area contributed by atoms with E-state index in [1.165, 1.54) is 12.1 Å². The van der Waals surface area contributed by atoms with Crippen LogP contribution in [0.15, 0.2) is 16.5 Å². The number of carboxylic acid groups (broad SMARTS) is 1. The van der Waals surface area contributed by atoms with Crippen LogP contribution in [0.2, 0.25) is 5.22 Å². The van der Waals surface area contributed by atoms with Crippen molar-refractivity contribution in [3.05, 3.63) is 23.1 Å². The molecule has 0 unspecified atom stereocenters. The Bertz CT molecular complexity index is 413. The summed E-state index contributed by atoms with van der Waals surface area (Å²) < 4.78 is 4.89. The Hall–Kier alpha value is -1.49. The smallest absolute Gasteiger partial charge is 0.326 e. The minimum Gasteiger partial charge on any atom is -0.480 e. The third-order valence-corrected chi connectivity index (χ3v) is 2.31. The van der Waals surface area contributed by atoms with Crippen LogP contribution in [0, 0.1) is 5.92 Å². The van der Waals surface area contributed by atoms with Crippen LogP contribution < -0.4 is 5.32 Å². The first-order valence-electron chi connectivity index (χ1n) is 5.19. The monoisotopic (exact) mass is 259 g/mol. The predicted molar refractivity (Wildman–Crippen MR) is 62.1 cm³/mol. The molecule has 2 N–H and O–H groups in total. The van der Waals surface area contributed by atoms with Crippen LogP contribution in [0.25, 0.3) is 0 Å². The number of hydrogen-bond acceptors (Lipinski definition) is 3. The molecule has 17 heavy (non-hydrogen) atoms. The van der Waals surface area contributed by atoms with Crippen LogP contribution in [-0.4, -0.2) is 23.0 Å². The van der Waals surface area contributed by atoms with Gasteiger partial charge in [0, 0.05) is 0 Å². The van der Waals surface area contributed by atoms with E-state index < -0.39 is 17.9 Å². The molecule has 1 atom stereocenters. The highest BCUT2D eigenvalue weighted by Gasteiger charge is 2.23. The topological polar surface area (TPSA) is 79.5 Å². The van der Waals surface area contributed by atoms with E-state index in [0.717, 1.165) is 0 Å². The molecular formula is C11H14ClNO4. The van der Waals surface area contributed by atoms with Crippen molar-refractivity contribution in [2.45, 2.75) is 26.3 Å². The maximum atomic E-state index is 11.6. The zero-order chi connectivity index (χ0) is 13.0. The van der Waals surface area contributed by atoms with Gasteiger partial charge in [-0.1, -0.05) is 13.8 Å². The van der Waals surface area contributed by atoms with Gasteiger partial charge >= 0.3 is 5.97 Å². The molecular weight excluding hydrogens is 246 g/mol. The molecule has 0 fully saturated rings. The van der Waals surface area contributed by atoms with E-state index in [1.807, 2.05) is 13.8 Å². The van der Waals surface area contributed by atoms with Crippen molar-refractivity contribution >= 4 is 23.5 Å². The van der Waals surface area contributed by atoms with Gasteiger partial charge in [-0.3, -0.25) is 4.79 Å². The maximum Gasteiger partial charge on any atom is 0.326 e. The van der Waals surface area contributed by atoms with Gasteiger partial charge in [-0.05, 0) is 36.1 Å². The fourth-order valence-corrected chi connectivity index (χ4v) is 1.50. The van der Waals surface area contributed by atoms with Gasteiger partial charge < -0.3 is 14.8 Å². The van der Waals surface area contributed by atoms with Crippen molar-refractivity contribution < 1.29 is 19.1 Å². The average molecular weight is 260 g/mol. The minimum absolute atomic E-state index is 0.00464. The summed E-state index contributed by atoms with van der Waals surface area (Å²) in [5.41, 5.74) is 0. The van der Waals surface area contributed by atoms with E-state index in [0.29, 0.717) is 6.42 Å². The molecule has 1 amide bonds. The zero-order valence-electron chi connectivity index (χ0n) is 9.57. The highest BCUT2D eigenvalue weighted by Crippen LogP contribution is 2.13. The highest BCUT2D eigenvalue weighted by atomic mass is 35.5. The van der Waals surface area contributed by atoms with Crippen LogP contribution in [0.1, 0.15) is 30.8 Å². The Morgan fingerprint density at radius 1 is 1.47 bits per heavy atom. The summed E-state index contributed by atoms with van der Waals surface area (Å²) in [6.07, 6.45) is 0.357. The summed E-state index contributed by atoms with van der Waals surface area (Å²) in [5, 5.41) is 11.4. The Balaban J connectivity index is 2.67. The predicted octanol–water partition coefficient (Wildman–Crippen LogP) is 2.16. The Morgan fingerprint density at radius 3 is 2.53 bits per heavy atom. The quantitative estimate of drug-likeness (QED) is 0.849. The van der Waals surface area contributed by atoms with Crippen molar-refractivity contribution in [1.82, 2.24) is 5.32 Å². The summed E-state index contributed by atoms with van der Waals surface area (Å²) in [4.78, 5) is 22.6. The number of rotatable bonds is 5. The zero-order valence-corrected chi connectivity index (χ0v) is 10.3. The van der Waals surface area contributed by atoms with Gasteiger partial charge in [0.15, 0.2) is 11.0 Å². The van der Waals surface area contributed by atoms with Crippen LogP contribution in [0.4, 0.5) is 0 Å². The van der Waals surface area contributed by atoms with Crippen molar-refractivity contribution in [1.29, 1.82) is 0 Å². The fourth-order valence-electron chi connectivity index (χ4n) is 1.36. The molecule has 0 radical (unpaired) electrons. The van der Waals surface area contributed by atoms with E-state index in [4.69, 9.17) is 21.1 Å². The fraction of sp³-hybridized carbons (Fsp3) is 0.455. The lowest BCUT2D eigenvalue weighted by Gasteiger charge is -2.15. The van der Waals surface area contributed by atoms with E-state index in [1.54, 1.807) is 0 Å². The number of amides is 1. The van der Waals surface area contributed by atoms with E-state index in [-0.39, 0.29) is 16.9 Å². The molecule has 1 aromatic heterocycles. The maximum absolute atomic E-state index is 11.6. The Morgan fingerprint density at radius 2 is 2.12 bits per heavy atom. The van der Waals surface area contributed by atoms with Crippen molar-refractivity contribution in [3.8, 4) is 0 Å². The first-order valence-corrected chi connectivity index (χ1v) is 5.57. The summed E-state index contributed by atoms with van der Waals surface area (Å²) in [5.74, 6) is -1.48. The molecule has 1 heterocycles. The molecule has 1 aromatic rings. The number of carbonyl (C=O) groups excluding carboxylic acids is 1. The van der Waals surface area contributed by atoms with Crippen molar-refractivity contribution in [2.24, 2.45) is 5.92 Å². The molecule has 0 aliphatic rings. The molecule has 0 bridgehead atoms. The largest absolute Gasteiger partial charge is 0.480 e. The molecule has 5 nitrogen and oxygen atoms in total. The van der Waals surface area contributed by atoms with Gasteiger partial charge in [-0.25, -0.2) is 4.79 Å². The normalized spacial score (nSPS) is 12.5. The van der Waals surface area contributed by atoms with Gasteiger partial charge in [-0.15, -0.1) is 0 Å². The summed E-state index contributed by atoms with van der Waals surface area (Å²) in [6.45, 7) is 3.76. The number of halogens is 1. The van der Waals surface area contributed by atoms with Crippen molar-refractivity contribution in [3.63, 3.8) is 0 Å². The highest BCUT2D eigenvalue weighted by molar-refractivity contribution is 6.29. The number of nitrogens with one attached hydrogen (secondary N) is 1. The van der Waals surface area contributed by atoms with Crippen molar-refractivity contribution in [2.75, 3.05) is 0 Å². The molecule has 1 rings (SSSR count). The van der Waals surface area contributed by atoms with Crippen LogP contribution in [0.3, 0.4) is 0 Å². The average Bonchev–Trinajstić information content (AvgIpc) is 2.63. The van der Waals surface area contributed by atoms with Crippen LogP contribution in [-0.2, 0) is 4.79 Å². The summed E-state index contributed by atoms with van der Waals surface area (Å²) in [6, 6.07) is 1.90. The van der Waals surface area contributed by atoms with Gasteiger partial charge in [0.25, 0.3) is 5.91 Å². The molecule has 0 saturated heterocycles. The molecule has 0 aromatic carbocycles. The second kappa shape index (κ2) is 5.72. The minimum atomic E-state index is -1.07. The van der Waals surface area contributed by atoms with Gasteiger partial charge in [-0.2, -0.15) is 0 Å². The standard InChI is InChI=1S/C11H14ClNO4/c1-6(2)5-7(11(15)16)13-10(14)8-3-4-9(12)17-8/h3-4,6-7H,5H2,1-2H3,(H,13,14)(H,15,16)/t7-/m0/s1. The summed E-state index contributed by atoms with van der Waals surface area (Å²) >= 11 is 5.52. The van der Waals surface area contributed by atoms with Crippen LogP contribution in [0.5, 0.6) is 0 Å². The van der Waals surface area contributed by atoms with E-state index in [9.17, 15) is 9.59 Å².